The molecule has 2 N–H and O–H groups in total. The van der Waals surface area contributed by atoms with Gasteiger partial charge in [0.2, 0.25) is 0 Å². The van der Waals surface area contributed by atoms with Crippen LogP contribution in [0.25, 0.3) is 0 Å². The third kappa shape index (κ3) is 4.46. The molecule has 1 aromatic heterocycles. The highest BCUT2D eigenvalue weighted by atomic mass is 16.2. The van der Waals surface area contributed by atoms with Crippen molar-refractivity contribution in [3.05, 3.63) is 72.1 Å². The maximum absolute atomic E-state index is 12.1. The van der Waals surface area contributed by atoms with Gasteiger partial charge in [0.25, 0.3) is 0 Å². The number of amides is 2. The van der Waals surface area contributed by atoms with Crippen LogP contribution in [-0.4, -0.2) is 40.9 Å². The van der Waals surface area contributed by atoms with Gasteiger partial charge in [-0.1, -0.05) is 30.3 Å². The smallest absolute Gasteiger partial charge is 0.309 e. The largest absolute Gasteiger partial charge is 0.353 e. The van der Waals surface area contributed by atoms with Gasteiger partial charge >= 0.3 is 11.8 Å². The van der Waals surface area contributed by atoms with Crippen LogP contribution in [0.1, 0.15) is 22.9 Å². The summed E-state index contributed by atoms with van der Waals surface area (Å²) in [6.07, 6.45) is 4.52. The van der Waals surface area contributed by atoms with E-state index in [-0.39, 0.29) is 12.6 Å². The van der Waals surface area contributed by atoms with Gasteiger partial charge in [0, 0.05) is 45.1 Å². The lowest BCUT2D eigenvalue weighted by atomic mass is 9.98. The zero-order valence-electron chi connectivity index (χ0n) is 15.6. The van der Waals surface area contributed by atoms with E-state index in [1.54, 1.807) is 6.08 Å². The molecule has 0 spiro atoms. The molecule has 27 heavy (non-hydrogen) atoms. The van der Waals surface area contributed by atoms with Crippen LogP contribution in [0.4, 0.5) is 0 Å². The molecule has 0 fully saturated rings. The summed E-state index contributed by atoms with van der Waals surface area (Å²) in [6, 6.07) is 12.5. The average Bonchev–Trinajstić information content (AvgIpc) is 3.11. The summed E-state index contributed by atoms with van der Waals surface area (Å²) in [5.41, 5.74) is 3.81. The number of aryl methyl sites for hydroxylation is 1. The quantitative estimate of drug-likeness (QED) is 0.602. The number of carbonyl (C=O) groups excluding carboxylic acids is 2. The van der Waals surface area contributed by atoms with Gasteiger partial charge in [-0.2, -0.15) is 0 Å². The fraction of sp³-hybridized carbons (Fsp3) is 0.333. The molecular formula is C21H26N4O2. The van der Waals surface area contributed by atoms with Crippen LogP contribution in [0.3, 0.4) is 0 Å². The predicted octanol–water partition coefficient (Wildman–Crippen LogP) is 1.54. The Bertz CT molecular complexity index is 827. The molecule has 6 heteroatoms. The molecule has 1 unspecified atom stereocenters. The summed E-state index contributed by atoms with van der Waals surface area (Å²) in [5, 5.41) is 5.29. The van der Waals surface area contributed by atoms with Crippen LogP contribution in [0.5, 0.6) is 0 Å². The molecule has 2 amide bonds. The van der Waals surface area contributed by atoms with Crippen LogP contribution in [0, 0.1) is 0 Å². The number of benzene rings is 1. The van der Waals surface area contributed by atoms with E-state index in [4.69, 9.17) is 0 Å². The number of hydrogen-bond acceptors (Lipinski definition) is 3. The Labute approximate surface area is 159 Å². The second kappa shape index (κ2) is 8.68. The van der Waals surface area contributed by atoms with Gasteiger partial charge in [0.05, 0.1) is 6.04 Å². The van der Waals surface area contributed by atoms with Gasteiger partial charge in [0.15, 0.2) is 0 Å². The first kappa shape index (κ1) is 18.9. The van der Waals surface area contributed by atoms with Crippen LogP contribution in [-0.2, 0) is 29.6 Å². The van der Waals surface area contributed by atoms with Crippen molar-refractivity contribution in [2.75, 3.05) is 19.6 Å². The Morgan fingerprint density at radius 3 is 2.59 bits per heavy atom. The van der Waals surface area contributed by atoms with Crippen LogP contribution in [0.2, 0.25) is 0 Å². The predicted molar refractivity (Wildman–Crippen MR) is 105 cm³/mol. The first-order valence-corrected chi connectivity index (χ1v) is 9.19. The van der Waals surface area contributed by atoms with Gasteiger partial charge in [-0.3, -0.25) is 14.5 Å². The van der Waals surface area contributed by atoms with Gasteiger partial charge in [-0.05, 0) is 29.7 Å². The van der Waals surface area contributed by atoms with Crippen LogP contribution < -0.4 is 10.6 Å². The van der Waals surface area contributed by atoms with Crippen molar-refractivity contribution < 1.29 is 9.59 Å². The molecule has 1 aliphatic heterocycles. The lowest BCUT2D eigenvalue weighted by molar-refractivity contribution is -0.139. The van der Waals surface area contributed by atoms with Crippen molar-refractivity contribution in [2.45, 2.75) is 19.0 Å². The molecule has 1 aromatic carbocycles. The lowest BCUT2D eigenvalue weighted by Crippen LogP contribution is -2.45. The Balaban J connectivity index is 1.73. The molecule has 0 radical (unpaired) electrons. The zero-order valence-corrected chi connectivity index (χ0v) is 15.6. The van der Waals surface area contributed by atoms with E-state index in [0.717, 1.165) is 25.2 Å². The van der Waals surface area contributed by atoms with Crippen molar-refractivity contribution in [1.29, 1.82) is 0 Å². The zero-order chi connectivity index (χ0) is 19.2. The van der Waals surface area contributed by atoms with Crippen molar-refractivity contribution in [1.82, 2.24) is 20.1 Å². The topological polar surface area (TPSA) is 66.4 Å². The monoisotopic (exact) mass is 366 g/mol. The standard InChI is InChI=1S/C21H26N4O2/c1-3-11-22-20(26)21(27)23-14-19(18-9-6-12-24(18)2)25-13-10-16-7-4-5-8-17(16)15-25/h3-9,12,19H,1,10-11,13-15H2,2H3,(H,22,26)(H,23,27). The van der Waals surface area contributed by atoms with E-state index in [2.05, 4.69) is 57.0 Å². The van der Waals surface area contributed by atoms with Crippen LogP contribution in [0.15, 0.2) is 55.3 Å². The van der Waals surface area contributed by atoms with Crippen LogP contribution >= 0.6 is 0 Å². The average molecular weight is 366 g/mol. The molecule has 3 rings (SSSR count). The molecule has 2 heterocycles. The van der Waals surface area contributed by atoms with Gasteiger partial charge in [-0.15, -0.1) is 6.58 Å². The summed E-state index contributed by atoms with van der Waals surface area (Å²) in [6.45, 7) is 5.92. The fourth-order valence-corrected chi connectivity index (χ4v) is 3.54. The van der Waals surface area contributed by atoms with E-state index < -0.39 is 11.8 Å². The highest BCUT2D eigenvalue weighted by Gasteiger charge is 2.27. The van der Waals surface area contributed by atoms with E-state index in [1.807, 2.05) is 19.3 Å². The normalized spacial score (nSPS) is 14.9. The second-order valence-electron chi connectivity index (χ2n) is 6.76. The van der Waals surface area contributed by atoms with Crippen molar-refractivity contribution in [2.24, 2.45) is 7.05 Å². The van der Waals surface area contributed by atoms with Crippen molar-refractivity contribution >= 4 is 11.8 Å². The first-order chi connectivity index (χ1) is 13.1. The molecule has 2 aromatic rings. The third-order valence-corrected chi connectivity index (χ3v) is 5.00. The van der Waals surface area contributed by atoms with Crippen molar-refractivity contribution in [3.8, 4) is 0 Å². The summed E-state index contributed by atoms with van der Waals surface area (Å²) in [7, 11) is 2.00. The van der Waals surface area contributed by atoms with Gasteiger partial charge < -0.3 is 15.2 Å². The summed E-state index contributed by atoms with van der Waals surface area (Å²) in [5.74, 6) is -1.25. The maximum Gasteiger partial charge on any atom is 0.309 e. The Morgan fingerprint density at radius 2 is 1.89 bits per heavy atom. The molecule has 1 atom stereocenters. The minimum atomic E-state index is -0.635. The molecule has 1 aliphatic rings. The Morgan fingerprint density at radius 1 is 1.15 bits per heavy atom. The lowest BCUT2D eigenvalue weighted by Gasteiger charge is -2.36. The Hall–Kier alpha value is -2.86. The van der Waals surface area contributed by atoms with Gasteiger partial charge in [0.1, 0.15) is 0 Å². The minimum Gasteiger partial charge on any atom is -0.353 e. The number of nitrogens with zero attached hydrogens (tertiary/aromatic N) is 2. The molecule has 0 aliphatic carbocycles. The van der Waals surface area contributed by atoms with Crippen molar-refractivity contribution in [3.63, 3.8) is 0 Å². The highest BCUT2D eigenvalue weighted by molar-refractivity contribution is 6.35. The molecule has 0 bridgehead atoms. The Kier molecular flexibility index (Phi) is 6.08. The number of aromatic nitrogens is 1. The summed E-state index contributed by atoms with van der Waals surface area (Å²) >= 11 is 0. The van der Waals surface area contributed by atoms with E-state index in [9.17, 15) is 9.59 Å². The van der Waals surface area contributed by atoms with E-state index >= 15 is 0 Å². The maximum atomic E-state index is 12.1. The third-order valence-electron chi connectivity index (χ3n) is 5.00. The minimum absolute atomic E-state index is 0.00508. The van der Waals surface area contributed by atoms with Gasteiger partial charge in [-0.25, -0.2) is 0 Å². The highest BCUT2D eigenvalue weighted by Crippen LogP contribution is 2.27. The van der Waals surface area contributed by atoms with E-state index in [1.165, 1.54) is 11.1 Å². The van der Waals surface area contributed by atoms with E-state index in [0.29, 0.717) is 6.54 Å². The number of carbonyl (C=O) groups is 2. The fourth-order valence-electron chi connectivity index (χ4n) is 3.54. The molecular weight excluding hydrogens is 340 g/mol. The molecule has 142 valence electrons. The molecule has 0 saturated heterocycles. The second-order valence-corrected chi connectivity index (χ2v) is 6.76. The number of nitrogens with one attached hydrogen (secondary N) is 2. The SMILES string of the molecule is C=CCNC(=O)C(=O)NCC(c1cccn1C)N1CCc2ccccc2C1. The number of hydrogen-bond donors (Lipinski definition) is 2. The molecule has 0 saturated carbocycles. The molecule has 6 nitrogen and oxygen atoms in total. The summed E-state index contributed by atoms with van der Waals surface area (Å²) < 4.78 is 2.06. The summed E-state index contributed by atoms with van der Waals surface area (Å²) in [4.78, 5) is 26.3. The first-order valence-electron chi connectivity index (χ1n) is 9.19. The number of rotatable bonds is 6. The number of fused-ring (bicyclic) bond motifs is 1.